The van der Waals surface area contributed by atoms with E-state index in [1.807, 2.05) is 6.07 Å². The van der Waals surface area contributed by atoms with Gasteiger partial charge in [0.1, 0.15) is 5.39 Å². The zero-order chi connectivity index (χ0) is 16.4. The summed E-state index contributed by atoms with van der Waals surface area (Å²) in [6.07, 6.45) is 1.45. The van der Waals surface area contributed by atoms with E-state index in [2.05, 4.69) is 15.1 Å². The van der Waals surface area contributed by atoms with E-state index in [1.54, 1.807) is 12.1 Å². The van der Waals surface area contributed by atoms with Crippen LogP contribution in [0, 0.1) is 0 Å². The van der Waals surface area contributed by atoms with E-state index >= 15 is 0 Å². The number of hydrogen-bond donors (Lipinski definition) is 2. The molecular weight excluding hydrogens is 359 g/mol. The Morgan fingerprint density at radius 2 is 2.13 bits per heavy atom. The maximum absolute atomic E-state index is 12.1. The number of hydrogen-bond acceptors (Lipinski definition) is 5. The van der Waals surface area contributed by atoms with Gasteiger partial charge < -0.3 is 10.1 Å². The summed E-state index contributed by atoms with van der Waals surface area (Å²) >= 11 is 13.3. The molecule has 0 spiro atoms. The molecule has 2 aromatic heterocycles. The van der Waals surface area contributed by atoms with Gasteiger partial charge in [0.2, 0.25) is 0 Å². The van der Waals surface area contributed by atoms with Gasteiger partial charge in [0.15, 0.2) is 10.8 Å². The molecule has 23 heavy (non-hydrogen) atoms. The minimum Gasteiger partial charge on any atom is -0.394 e. The van der Waals surface area contributed by atoms with E-state index in [4.69, 9.17) is 28.3 Å². The first kappa shape index (κ1) is 16.3. The molecule has 0 bridgehead atoms. The van der Waals surface area contributed by atoms with E-state index in [0.29, 0.717) is 32.0 Å². The average Bonchev–Trinajstić information content (AvgIpc) is 2.93. The first-order chi connectivity index (χ1) is 11.1. The molecule has 3 aromatic rings. The van der Waals surface area contributed by atoms with Crippen LogP contribution in [0.25, 0.3) is 11.0 Å². The van der Waals surface area contributed by atoms with E-state index < -0.39 is 0 Å². The van der Waals surface area contributed by atoms with Crippen molar-refractivity contribution in [3.05, 3.63) is 50.4 Å². The predicted octanol–water partition coefficient (Wildman–Crippen LogP) is 2.71. The van der Waals surface area contributed by atoms with Crippen LogP contribution >= 0.6 is 35.0 Å². The molecule has 0 atom stereocenters. The smallest absolute Gasteiger partial charge is 0.262 e. The number of aromatic nitrogens is 4. The lowest BCUT2D eigenvalue weighted by atomic mass is 10.2. The summed E-state index contributed by atoms with van der Waals surface area (Å²) in [7, 11) is 0. The van der Waals surface area contributed by atoms with Crippen molar-refractivity contribution in [3.63, 3.8) is 0 Å². The Bertz CT molecular complexity index is 909. The third-order valence-electron chi connectivity index (χ3n) is 3.16. The highest BCUT2D eigenvalue weighted by Gasteiger charge is 2.10. The molecule has 0 amide bonds. The first-order valence-corrected chi connectivity index (χ1v) is 8.46. The second-order valence-corrected chi connectivity index (χ2v) is 6.52. The normalized spacial score (nSPS) is 11.3. The number of aromatic amines is 1. The summed E-state index contributed by atoms with van der Waals surface area (Å²) in [6, 6.07) is 5.38. The molecular formula is C14H12Cl2N4O2S. The molecule has 0 unspecified atom stereocenters. The Labute approximate surface area is 145 Å². The number of halogens is 2. The largest absolute Gasteiger partial charge is 0.394 e. The monoisotopic (exact) mass is 370 g/mol. The number of aliphatic hydroxyl groups excluding tert-OH is 1. The number of nitrogens with zero attached hydrogens (tertiary/aromatic N) is 3. The lowest BCUT2D eigenvalue weighted by Crippen LogP contribution is -2.11. The Kier molecular flexibility index (Phi) is 4.91. The fourth-order valence-corrected chi connectivity index (χ4v) is 3.17. The van der Waals surface area contributed by atoms with Crippen LogP contribution in [0.3, 0.4) is 0 Å². The van der Waals surface area contributed by atoms with Gasteiger partial charge in [0.05, 0.1) is 29.4 Å². The van der Waals surface area contributed by atoms with Gasteiger partial charge in [0.25, 0.3) is 5.56 Å². The summed E-state index contributed by atoms with van der Waals surface area (Å²) in [4.78, 5) is 19.2. The third-order valence-corrected chi connectivity index (χ3v) is 4.84. The standard InChI is InChI=1S/C14H12Cl2N4O2S/c15-10-2-1-8(5-11(10)16)7-23-14-18-12-9(13(22)19-14)6-17-20(12)3-4-21/h1-2,5-6,21H,3-4,7H2,(H,18,19,22). The molecule has 0 fully saturated rings. The molecule has 0 aliphatic heterocycles. The summed E-state index contributed by atoms with van der Waals surface area (Å²) in [5, 5.41) is 15.0. The van der Waals surface area contributed by atoms with Crippen molar-refractivity contribution in [1.29, 1.82) is 0 Å². The molecule has 0 radical (unpaired) electrons. The van der Waals surface area contributed by atoms with Crippen LogP contribution in [-0.4, -0.2) is 31.5 Å². The van der Waals surface area contributed by atoms with Crippen LogP contribution in [0.4, 0.5) is 0 Å². The lowest BCUT2D eigenvalue weighted by Gasteiger charge is -2.04. The second-order valence-electron chi connectivity index (χ2n) is 4.74. The number of nitrogens with one attached hydrogen (secondary N) is 1. The lowest BCUT2D eigenvalue weighted by molar-refractivity contribution is 0.271. The minimum atomic E-state index is -0.254. The molecule has 0 aliphatic rings. The highest BCUT2D eigenvalue weighted by Crippen LogP contribution is 2.26. The molecule has 0 saturated carbocycles. The fraction of sp³-hybridized carbons (Fsp3) is 0.214. The Hall–Kier alpha value is -1.54. The number of thioether (sulfide) groups is 1. The summed E-state index contributed by atoms with van der Waals surface area (Å²) in [5.41, 5.74) is 1.17. The van der Waals surface area contributed by atoms with E-state index in [9.17, 15) is 4.79 Å². The molecule has 120 valence electrons. The molecule has 1 aromatic carbocycles. The number of rotatable bonds is 5. The van der Waals surface area contributed by atoms with Crippen molar-refractivity contribution in [1.82, 2.24) is 19.7 Å². The predicted molar refractivity (Wildman–Crippen MR) is 91.3 cm³/mol. The molecule has 0 saturated heterocycles. The summed E-state index contributed by atoms with van der Waals surface area (Å²) in [5.74, 6) is 0.583. The van der Waals surface area contributed by atoms with Crippen molar-refractivity contribution < 1.29 is 5.11 Å². The van der Waals surface area contributed by atoms with Crippen molar-refractivity contribution in [2.75, 3.05) is 6.61 Å². The van der Waals surface area contributed by atoms with Gasteiger partial charge in [0, 0.05) is 5.75 Å². The second kappa shape index (κ2) is 6.92. The Balaban J connectivity index is 1.86. The Morgan fingerprint density at radius 3 is 2.87 bits per heavy atom. The van der Waals surface area contributed by atoms with Gasteiger partial charge in [-0.15, -0.1) is 0 Å². The zero-order valence-electron chi connectivity index (χ0n) is 11.8. The van der Waals surface area contributed by atoms with Gasteiger partial charge in [-0.2, -0.15) is 5.10 Å². The molecule has 3 rings (SSSR count). The number of fused-ring (bicyclic) bond motifs is 1. The van der Waals surface area contributed by atoms with Crippen LogP contribution in [0.2, 0.25) is 10.0 Å². The van der Waals surface area contributed by atoms with Crippen molar-refractivity contribution in [2.24, 2.45) is 0 Å². The van der Waals surface area contributed by atoms with E-state index in [1.165, 1.54) is 22.6 Å². The zero-order valence-corrected chi connectivity index (χ0v) is 14.1. The molecule has 9 heteroatoms. The first-order valence-electron chi connectivity index (χ1n) is 6.72. The number of H-pyrrole nitrogens is 1. The molecule has 0 aliphatic carbocycles. The SMILES string of the molecule is O=c1[nH]c(SCc2ccc(Cl)c(Cl)c2)nc2c1cnn2CCO. The van der Waals surface area contributed by atoms with Gasteiger partial charge in [-0.25, -0.2) is 9.67 Å². The van der Waals surface area contributed by atoms with Crippen LogP contribution in [0.15, 0.2) is 34.3 Å². The third kappa shape index (κ3) is 3.53. The van der Waals surface area contributed by atoms with Gasteiger partial charge in [-0.1, -0.05) is 41.0 Å². The Morgan fingerprint density at radius 1 is 1.30 bits per heavy atom. The van der Waals surface area contributed by atoms with E-state index in [-0.39, 0.29) is 18.7 Å². The van der Waals surface area contributed by atoms with Crippen molar-refractivity contribution in [3.8, 4) is 0 Å². The quantitative estimate of drug-likeness (QED) is 0.532. The molecule has 2 N–H and O–H groups in total. The van der Waals surface area contributed by atoms with Gasteiger partial charge >= 0.3 is 0 Å². The summed E-state index contributed by atoms with van der Waals surface area (Å²) < 4.78 is 1.51. The van der Waals surface area contributed by atoms with Gasteiger partial charge in [-0.3, -0.25) is 4.79 Å². The summed E-state index contributed by atoms with van der Waals surface area (Å²) in [6.45, 7) is 0.216. The number of aliphatic hydroxyl groups is 1. The van der Waals surface area contributed by atoms with Crippen molar-refractivity contribution in [2.45, 2.75) is 17.5 Å². The van der Waals surface area contributed by atoms with Gasteiger partial charge in [-0.05, 0) is 17.7 Å². The maximum Gasteiger partial charge on any atom is 0.262 e. The fourth-order valence-electron chi connectivity index (χ4n) is 2.05. The highest BCUT2D eigenvalue weighted by atomic mass is 35.5. The highest BCUT2D eigenvalue weighted by molar-refractivity contribution is 7.98. The molecule has 6 nitrogen and oxygen atoms in total. The average molecular weight is 371 g/mol. The van der Waals surface area contributed by atoms with Crippen LogP contribution < -0.4 is 5.56 Å². The minimum absolute atomic E-state index is 0.0724. The molecule has 2 heterocycles. The maximum atomic E-state index is 12.1. The topological polar surface area (TPSA) is 83.8 Å². The number of benzene rings is 1. The van der Waals surface area contributed by atoms with Crippen molar-refractivity contribution >= 4 is 46.0 Å². The van der Waals surface area contributed by atoms with Crippen LogP contribution in [-0.2, 0) is 12.3 Å². The van der Waals surface area contributed by atoms with Crippen LogP contribution in [0.1, 0.15) is 5.56 Å². The van der Waals surface area contributed by atoms with E-state index in [0.717, 1.165) is 5.56 Å². The van der Waals surface area contributed by atoms with Crippen LogP contribution in [0.5, 0.6) is 0 Å².